The Morgan fingerprint density at radius 1 is 0.920 bits per heavy atom. The molecule has 0 unspecified atom stereocenters. The van der Waals surface area contributed by atoms with Crippen molar-refractivity contribution in [2.45, 2.75) is 52.1 Å². The molecule has 0 aromatic carbocycles. The zero-order valence-electron chi connectivity index (χ0n) is 16.2. The molecular weight excluding hydrogens is 318 g/mol. The summed E-state index contributed by atoms with van der Waals surface area (Å²) in [5, 5.41) is 10.8. The second-order valence-corrected chi connectivity index (χ2v) is 8.69. The van der Waals surface area contributed by atoms with Gasteiger partial charge < -0.3 is 24.2 Å². The third kappa shape index (κ3) is 4.22. The molecule has 3 atom stereocenters. The van der Waals surface area contributed by atoms with E-state index in [4.69, 9.17) is 14.2 Å². The summed E-state index contributed by atoms with van der Waals surface area (Å²) in [5.41, 5.74) is 0.298. The lowest BCUT2D eigenvalue weighted by Gasteiger charge is -2.44. The molecule has 5 heteroatoms. The summed E-state index contributed by atoms with van der Waals surface area (Å²) in [7, 11) is 0. The van der Waals surface area contributed by atoms with E-state index < -0.39 is 0 Å². The molecule has 1 N–H and O–H groups in total. The number of ether oxygens (including phenoxy) is 3. The lowest BCUT2D eigenvalue weighted by Crippen LogP contribution is -2.49. The molecule has 0 radical (unpaired) electrons. The molecule has 0 aromatic rings. The lowest BCUT2D eigenvalue weighted by molar-refractivity contribution is -0.0395. The number of nitrogens with zero attached hydrogens (tertiary/aromatic N) is 1. The minimum absolute atomic E-state index is 0.0582. The molecule has 0 spiro atoms. The third-order valence-corrected chi connectivity index (χ3v) is 7.20. The van der Waals surface area contributed by atoms with Gasteiger partial charge in [0.15, 0.2) is 0 Å². The van der Waals surface area contributed by atoms with Crippen molar-refractivity contribution < 1.29 is 19.3 Å². The van der Waals surface area contributed by atoms with Crippen LogP contribution >= 0.6 is 0 Å². The van der Waals surface area contributed by atoms with Crippen LogP contribution in [0, 0.1) is 16.7 Å². The van der Waals surface area contributed by atoms with Gasteiger partial charge in [0, 0.05) is 25.1 Å². The van der Waals surface area contributed by atoms with Crippen LogP contribution in [0.5, 0.6) is 0 Å². The monoisotopic (exact) mass is 355 g/mol. The van der Waals surface area contributed by atoms with Gasteiger partial charge in [-0.2, -0.15) is 0 Å². The molecule has 25 heavy (non-hydrogen) atoms. The smallest absolute Gasteiger partial charge is 0.0701 e. The minimum atomic E-state index is -0.146. The van der Waals surface area contributed by atoms with Gasteiger partial charge in [-0.3, -0.25) is 0 Å². The van der Waals surface area contributed by atoms with Crippen LogP contribution in [0.4, 0.5) is 0 Å². The molecule has 3 rings (SSSR count). The maximum absolute atomic E-state index is 10.8. The zero-order valence-corrected chi connectivity index (χ0v) is 16.2. The summed E-state index contributed by atoms with van der Waals surface area (Å²) in [6, 6.07) is 0. The normalized spacial score (nSPS) is 38.5. The van der Waals surface area contributed by atoms with Crippen LogP contribution in [0.2, 0.25) is 0 Å². The van der Waals surface area contributed by atoms with Crippen molar-refractivity contribution in [3.63, 3.8) is 0 Å². The number of aliphatic hydroxyl groups is 1. The van der Waals surface area contributed by atoms with Gasteiger partial charge >= 0.3 is 0 Å². The Balaban J connectivity index is 1.59. The SMILES string of the molecule is CC1(C)[C@@H]2CC[C@@]1(CN1CCCCOCCOCCOCC1)[C@H](O)C2. The predicted molar refractivity (Wildman–Crippen MR) is 97.7 cm³/mol. The molecule has 2 bridgehead atoms. The number of hydrogen-bond donors (Lipinski definition) is 1. The Bertz CT molecular complexity index is 403. The van der Waals surface area contributed by atoms with Crippen LogP contribution in [0.1, 0.15) is 46.0 Å². The van der Waals surface area contributed by atoms with Crippen molar-refractivity contribution in [3.8, 4) is 0 Å². The first kappa shape index (κ1) is 19.6. The summed E-state index contributed by atoms with van der Waals surface area (Å²) in [4.78, 5) is 2.53. The van der Waals surface area contributed by atoms with Gasteiger partial charge in [-0.1, -0.05) is 13.8 Å². The van der Waals surface area contributed by atoms with Gasteiger partial charge in [0.1, 0.15) is 0 Å². The van der Waals surface area contributed by atoms with E-state index in [0.29, 0.717) is 32.3 Å². The number of aliphatic hydroxyl groups excluding tert-OH is 1. The highest BCUT2D eigenvalue weighted by Crippen LogP contribution is 2.65. The molecule has 2 saturated carbocycles. The predicted octanol–water partition coefficient (Wildman–Crippen LogP) is 2.32. The summed E-state index contributed by atoms with van der Waals surface area (Å²) < 4.78 is 16.9. The highest BCUT2D eigenvalue weighted by molar-refractivity contribution is 5.13. The van der Waals surface area contributed by atoms with E-state index in [0.717, 1.165) is 52.1 Å². The molecule has 146 valence electrons. The van der Waals surface area contributed by atoms with Gasteiger partial charge in [-0.15, -0.1) is 0 Å². The maximum Gasteiger partial charge on any atom is 0.0701 e. The first-order chi connectivity index (χ1) is 12.1. The summed E-state index contributed by atoms with van der Waals surface area (Å²) in [5.74, 6) is 0.684. The standard InChI is InChI=1S/C20H37NO4/c1-19(2)17-5-6-20(19,18(22)15-17)16-21-7-3-4-9-23-11-13-25-14-12-24-10-8-21/h17-18,22H,3-16H2,1-2H3/t17-,18-,20-/m1/s1. The van der Waals surface area contributed by atoms with E-state index in [9.17, 15) is 5.11 Å². The molecule has 5 nitrogen and oxygen atoms in total. The largest absolute Gasteiger partial charge is 0.392 e. The lowest BCUT2D eigenvalue weighted by atomic mass is 9.68. The summed E-state index contributed by atoms with van der Waals surface area (Å²) in [6.45, 7) is 12.0. The van der Waals surface area contributed by atoms with Crippen molar-refractivity contribution in [3.05, 3.63) is 0 Å². The van der Waals surface area contributed by atoms with Crippen LogP contribution in [0.3, 0.4) is 0 Å². The topological polar surface area (TPSA) is 51.2 Å². The number of rotatable bonds is 2. The second kappa shape index (κ2) is 8.66. The van der Waals surface area contributed by atoms with E-state index >= 15 is 0 Å². The quantitative estimate of drug-likeness (QED) is 0.824. The van der Waals surface area contributed by atoms with Crippen LogP contribution in [-0.2, 0) is 14.2 Å². The van der Waals surface area contributed by atoms with Crippen molar-refractivity contribution in [2.75, 3.05) is 59.3 Å². The molecular formula is C20H37NO4. The van der Waals surface area contributed by atoms with Crippen molar-refractivity contribution in [1.29, 1.82) is 0 Å². The van der Waals surface area contributed by atoms with Crippen molar-refractivity contribution in [2.24, 2.45) is 16.7 Å². The van der Waals surface area contributed by atoms with Gasteiger partial charge in [-0.25, -0.2) is 0 Å². The molecule has 1 aliphatic heterocycles. The fraction of sp³-hybridized carbons (Fsp3) is 1.00. The highest BCUT2D eigenvalue weighted by Gasteiger charge is 2.63. The molecule has 2 aliphatic carbocycles. The van der Waals surface area contributed by atoms with E-state index in [1.54, 1.807) is 0 Å². The van der Waals surface area contributed by atoms with Crippen LogP contribution in [-0.4, -0.2) is 75.4 Å². The molecule has 3 aliphatic rings. The summed E-state index contributed by atoms with van der Waals surface area (Å²) >= 11 is 0. The fourth-order valence-electron chi connectivity index (χ4n) is 5.36. The van der Waals surface area contributed by atoms with Gasteiger partial charge in [0.25, 0.3) is 0 Å². The van der Waals surface area contributed by atoms with Gasteiger partial charge in [-0.05, 0) is 50.0 Å². The Hall–Kier alpha value is -0.200. The molecule has 3 fully saturated rings. The highest BCUT2D eigenvalue weighted by atomic mass is 16.5. The van der Waals surface area contributed by atoms with Crippen molar-refractivity contribution in [1.82, 2.24) is 4.90 Å². The number of fused-ring (bicyclic) bond motifs is 2. The number of hydrogen-bond acceptors (Lipinski definition) is 5. The molecule has 1 saturated heterocycles. The van der Waals surface area contributed by atoms with Crippen LogP contribution in [0.25, 0.3) is 0 Å². The Morgan fingerprint density at radius 2 is 1.60 bits per heavy atom. The first-order valence-electron chi connectivity index (χ1n) is 10.2. The molecule has 0 amide bonds. The average Bonchev–Trinajstić information content (AvgIpc) is 2.92. The van der Waals surface area contributed by atoms with Gasteiger partial charge in [0.05, 0.1) is 39.1 Å². The van der Waals surface area contributed by atoms with Crippen LogP contribution < -0.4 is 0 Å². The van der Waals surface area contributed by atoms with Crippen LogP contribution in [0.15, 0.2) is 0 Å². The third-order valence-electron chi connectivity index (χ3n) is 7.20. The molecule has 1 heterocycles. The Labute approximate surface area is 153 Å². The van der Waals surface area contributed by atoms with E-state index in [1.807, 2.05) is 0 Å². The zero-order chi connectivity index (χ0) is 17.8. The second-order valence-electron chi connectivity index (χ2n) is 8.69. The Morgan fingerprint density at radius 3 is 2.24 bits per heavy atom. The van der Waals surface area contributed by atoms with Gasteiger partial charge in [0.2, 0.25) is 0 Å². The minimum Gasteiger partial charge on any atom is -0.392 e. The maximum atomic E-state index is 10.8. The van der Waals surface area contributed by atoms with E-state index in [2.05, 4.69) is 18.7 Å². The average molecular weight is 356 g/mol. The molecule has 0 aromatic heterocycles. The fourth-order valence-corrected chi connectivity index (χ4v) is 5.36. The summed E-state index contributed by atoms with van der Waals surface area (Å²) in [6.07, 6.45) is 5.50. The Kier molecular flexibility index (Phi) is 6.77. The van der Waals surface area contributed by atoms with Crippen molar-refractivity contribution >= 4 is 0 Å². The van der Waals surface area contributed by atoms with E-state index in [1.165, 1.54) is 12.8 Å². The first-order valence-corrected chi connectivity index (χ1v) is 10.2. The van der Waals surface area contributed by atoms with E-state index in [-0.39, 0.29) is 16.9 Å².